The van der Waals surface area contributed by atoms with Gasteiger partial charge in [0.15, 0.2) is 5.82 Å². The summed E-state index contributed by atoms with van der Waals surface area (Å²) in [6.45, 7) is 5.64. The van der Waals surface area contributed by atoms with Crippen LogP contribution in [-0.4, -0.2) is 77.5 Å². The molecule has 206 valence electrons. The number of piperazine rings is 1. The second-order valence-corrected chi connectivity index (χ2v) is 11.7. The van der Waals surface area contributed by atoms with Gasteiger partial charge in [-0.15, -0.1) is 0 Å². The highest BCUT2D eigenvalue weighted by Crippen LogP contribution is 2.36. The maximum atomic E-state index is 15.0. The Morgan fingerprint density at radius 1 is 1.05 bits per heavy atom. The van der Waals surface area contributed by atoms with Gasteiger partial charge in [-0.05, 0) is 50.3 Å². The molecule has 5 rings (SSSR count). The molecule has 1 aromatic carbocycles. The van der Waals surface area contributed by atoms with Gasteiger partial charge in [0, 0.05) is 43.3 Å². The number of sulfonamides is 1. The number of pyridine rings is 1. The number of nitrogens with one attached hydrogen (secondary N) is 1. The first kappa shape index (κ1) is 26.9. The third kappa shape index (κ3) is 5.56. The van der Waals surface area contributed by atoms with E-state index in [1.54, 1.807) is 23.2 Å². The number of aromatic nitrogens is 3. The quantitative estimate of drug-likeness (QED) is 0.472. The van der Waals surface area contributed by atoms with Crippen LogP contribution in [0.2, 0.25) is 0 Å². The van der Waals surface area contributed by atoms with E-state index in [0.29, 0.717) is 43.2 Å². The molecule has 13 heteroatoms. The van der Waals surface area contributed by atoms with Gasteiger partial charge in [0.2, 0.25) is 16.0 Å². The van der Waals surface area contributed by atoms with Crippen LogP contribution in [0.4, 0.5) is 31.9 Å². The van der Waals surface area contributed by atoms with Crippen molar-refractivity contribution in [3.63, 3.8) is 0 Å². The predicted octanol–water partition coefficient (Wildman–Crippen LogP) is 3.20. The molecule has 0 bridgehead atoms. The maximum absolute atomic E-state index is 15.0. The van der Waals surface area contributed by atoms with Crippen molar-refractivity contribution in [2.24, 2.45) is 0 Å². The Morgan fingerprint density at radius 2 is 1.79 bits per heavy atom. The first-order valence-electron chi connectivity index (χ1n) is 12.5. The number of hydrogen-bond donors (Lipinski definition) is 2. The monoisotopic (exact) mass is 557 g/mol. The summed E-state index contributed by atoms with van der Waals surface area (Å²) in [4.78, 5) is 16.4. The van der Waals surface area contributed by atoms with Crippen molar-refractivity contribution < 1.29 is 22.3 Å². The highest BCUT2D eigenvalue weighted by Gasteiger charge is 2.27. The number of aliphatic hydroxyl groups is 1. The van der Waals surface area contributed by atoms with E-state index < -0.39 is 27.9 Å². The molecule has 1 unspecified atom stereocenters. The van der Waals surface area contributed by atoms with Crippen molar-refractivity contribution in [3.05, 3.63) is 59.9 Å². The third-order valence-electron chi connectivity index (χ3n) is 6.74. The van der Waals surface area contributed by atoms with Gasteiger partial charge in [-0.1, -0.05) is 0 Å². The van der Waals surface area contributed by atoms with Gasteiger partial charge < -0.3 is 20.2 Å². The molecule has 4 heterocycles. The molecular weight excluding hydrogens is 528 g/mol. The molecule has 2 aromatic heterocycles. The fourth-order valence-electron chi connectivity index (χ4n) is 4.79. The van der Waals surface area contributed by atoms with Gasteiger partial charge in [-0.25, -0.2) is 32.2 Å². The maximum Gasteiger partial charge on any atom is 0.229 e. The minimum absolute atomic E-state index is 0.0761. The lowest BCUT2D eigenvalue weighted by Gasteiger charge is -2.36. The van der Waals surface area contributed by atoms with Gasteiger partial charge in [0.1, 0.15) is 23.6 Å². The molecule has 1 atom stereocenters. The second-order valence-electron chi connectivity index (χ2n) is 9.73. The molecule has 39 heavy (non-hydrogen) atoms. The lowest BCUT2D eigenvalue weighted by Crippen LogP contribution is -2.48. The van der Waals surface area contributed by atoms with Crippen molar-refractivity contribution in [2.45, 2.75) is 26.1 Å². The molecule has 0 radical (unpaired) electrons. The minimum atomic E-state index is -3.21. The largest absolute Gasteiger partial charge is 0.370 e. The van der Waals surface area contributed by atoms with E-state index in [1.165, 1.54) is 28.8 Å². The van der Waals surface area contributed by atoms with Crippen LogP contribution in [0.25, 0.3) is 17.3 Å². The molecule has 2 aliphatic heterocycles. The smallest absolute Gasteiger partial charge is 0.229 e. The summed E-state index contributed by atoms with van der Waals surface area (Å²) >= 11 is 0. The number of hydrogen-bond acceptors (Lipinski definition) is 9. The molecule has 0 spiro atoms. The minimum Gasteiger partial charge on any atom is -0.370 e. The topological polar surface area (TPSA) is 115 Å². The van der Waals surface area contributed by atoms with Crippen LogP contribution in [0.3, 0.4) is 0 Å². The average Bonchev–Trinajstić information content (AvgIpc) is 2.89. The standard InChI is InChI=1S/C26H29F2N7O3S/c1-16(2)35-22-13-17(12-20(27)19(22)5-7-24(35)36)25-21(28)15-30-26(32-25)31-23-6-4-18(14-29-23)33-8-10-34(11-9-33)39(3,37)38/h4-7,12-16,24,36H,8-11H2,1-3H3,(H,29,30,31,32). The van der Waals surface area contributed by atoms with Crippen LogP contribution in [0.15, 0.2) is 42.7 Å². The summed E-state index contributed by atoms with van der Waals surface area (Å²) in [6, 6.07) is 6.25. The Labute approximate surface area is 225 Å². The second kappa shape index (κ2) is 10.5. The lowest BCUT2D eigenvalue weighted by molar-refractivity contribution is 0.207. The van der Waals surface area contributed by atoms with Crippen LogP contribution < -0.4 is 15.1 Å². The zero-order valence-electron chi connectivity index (χ0n) is 21.7. The SMILES string of the molecule is CC(C)N1c2cc(-c3nc(Nc4ccc(N5CCN(S(C)(=O)=O)CC5)cn4)ncc3F)cc(F)c2C=CC1O. The number of halogens is 2. The number of fused-ring (bicyclic) bond motifs is 1. The van der Waals surface area contributed by atoms with Crippen LogP contribution in [0.1, 0.15) is 19.4 Å². The Morgan fingerprint density at radius 3 is 2.44 bits per heavy atom. The molecule has 2 aliphatic rings. The molecule has 3 aromatic rings. The fourth-order valence-corrected chi connectivity index (χ4v) is 5.62. The molecular formula is C26H29F2N7O3S. The van der Waals surface area contributed by atoms with E-state index in [1.807, 2.05) is 24.8 Å². The number of benzene rings is 1. The number of anilines is 4. The zero-order chi connectivity index (χ0) is 27.9. The average molecular weight is 558 g/mol. The van der Waals surface area contributed by atoms with Gasteiger partial charge >= 0.3 is 0 Å². The summed E-state index contributed by atoms with van der Waals surface area (Å²) in [5, 5.41) is 13.4. The lowest BCUT2D eigenvalue weighted by atomic mass is 10.00. The first-order valence-corrected chi connectivity index (χ1v) is 14.3. The van der Waals surface area contributed by atoms with E-state index >= 15 is 4.39 Å². The summed E-state index contributed by atoms with van der Waals surface area (Å²) in [7, 11) is -3.21. The normalized spacial score (nSPS) is 18.0. The fraction of sp³-hybridized carbons (Fsp3) is 0.346. The van der Waals surface area contributed by atoms with Gasteiger partial charge in [-0.3, -0.25) is 0 Å². The van der Waals surface area contributed by atoms with Crippen molar-refractivity contribution in [3.8, 4) is 11.3 Å². The van der Waals surface area contributed by atoms with Crippen LogP contribution in [-0.2, 0) is 10.0 Å². The summed E-state index contributed by atoms with van der Waals surface area (Å²) in [5.41, 5.74) is 1.70. The number of nitrogens with zero attached hydrogens (tertiary/aromatic N) is 6. The highest BCUT2D eigenvalue weighted by molar-refractivity contribution is 7.88. The Bertz CT molecular complexity index is 1510. The summed E-state index contributed by atoms with van der Waals surface area (Å²) in [6.07, 6.45) is 5.96. The molecule has 1 saturated heterocycles. The van der Waals surface area contributed by atoms with Crippen molar-refractivity contribution in [2.75, 3.05) is 47.6 Å². The molecule has 0 aliphatic carbocycles. The van der Waals surface area contributed by atoms with Crippen LogP contribution in [0.5, 0.6) is 0 Å². The molecule has 0 saturated carbocycles. The zero-order valence-corrected chi connectivity index (χ0v) is 22.5. The molecule has 2 N–H and O–H groups in total. The van der Waals surface area contributed by atoms with Crippen LogP contribution >= 0.6 is 0 Å². The molecule has 0 amide bonds. The predicted molar refractivity (Wildman–Crippen MR) is 146 cm³/mol. The Hall–Kier alpha value is -3.68. The van der Waals surface area contributed by atoms with Crippen molar-refractivity contribution in [1.29, 1.82) is 0 Å². The van der Waals surface area contributed by atoms with E-state index in [4.69, 9.17) is 0 Å². The molecule has 1 fully saturated rings. The van der Waals surface area contributed by atoms with Crippen LogP contribution in [0, 0.1) is 11.6 Å². The van der Waals surface area contributed by atoms with Gasteiger partial charge in [0.05, 0.1) is 30.0 Å². The van der Waals surface area contributed by atoms with E-state index in [2.05, 4.69) is 20.3 Å². The van der Waals surface area contributed by atoms with Crippen molar-refractivity contribution in [1.82, 2.24) is 19.3 Å². The van der Waals surface area contributed by atoms with E-state index in [-0.39, 0.29) is 23.2 Å². The summed E-state index contributed by atoms with van der Waals surface area (Å²) in [5.74, 6) is -0.785. The van der Waals surface area contributed by atoms with Gasteiger partial charge in [0.25, 0.3) is 0 Å². The number of aliphatic hydroxyl groups excluding tert-OH is 1. The Kier molecular flexibility index (Phi) is 7.23. The van der Waals surface area contributed by atoms with E-state index in [9.17, 15) is 17.9 Å². The first-order chi connectivity index (χ1) is 18.5. The van der Waals surface area contributed by atoms with Crippen molar-refractivity contribution >= 4 is 39.2 Å². The number of rotatable bonds is 6. The Balaban J connectivity index is 1.36. The van der Waals surface area contributed by atoms with Gasteiger partial charge in [-0.2, -0.15) is 4.31 Å². The highest BCUT2D eigenvalue weighted by atomic mass is 32.2. The van der Waals surface area contributed by atoms with E-state index in [0.717, 1.165) is 11.9 Å². The molecule has 10 nitrogen and oxygen atoms in total. The third-order valence-corrected chi connectivity index (χ3v) is 8.04. The summed E-state index contributed by atoms with van der Waals surface area (Å²) < 4.78 is 54.8.